The largest absolute Gasteiger partial charge is 0.467 e. The minimum Gasteiger partial charge on any atom is -0.467 e. The van der Waals surface area contributed by atoms with E-state index in [0.29, 0.717) is 18.7 Å². The van der Waals surface area contributed by atoms with Gasteiger partial charge in [-0.05, 0) is 50.7 Å². The van der Waals surface area contributed by atoms with Crippen LogP contribution in [0.25, 0.3) is 5.69 Å². The molecule has 1 saturated carbocycles. The van der Waals surface area contributed by atoms with Crippen LogP contribution in [0.4, 0.5) is 4.79 Å². The normalized spacial score (nSPS) is 18.9. The number of amides is 5. The van der Waals surface area contributed by atoms with Gasteiger partial charge in [-0.3, -0.25) is 19.2 Å². The van der Waals surface area contributed by atoms with Crippen molar-refractivity contribution in [2.24, 2.45) is 0 Å². The van der Waals surface area contributed by atoms with E-state index in [-0.39, 0.29) is 81.2 Å². The smallest absolute Gasteiger partial charge is 0.407 e. The Hall–Kier alpha value is -4.66. The molecule has 3 aliphatic rings. The lowest BCUT2D eigenvalue weighted by Crippen LogP contribution is -2.56. The van der Waals surface area contributed by atoms with Crippen LogP contribution < -0.4 is 15.4 Å². The van der Waals surface area contributed by atoms with E-state index in [1.807, 2.05) is 6.07 Å². The monoisotopic (exact) mass is 639 g/mol. The van der Waals surface area contributed by atoms with E-state index >= 15 is 0 Å². The van der Waals surface area contributed by atoms with Gasteiger partial charge in [0.2, 0.25) is 17.7 Å². The minimum atomic E-state index is -1.04. The molecule has 3 heterocycles. The molecule has 248 valence electrons. The van der Waals surface area contributed by atoms with Crippen LogP contribution in [0.2, 0.25) is 0 Å². The zero-order valence-corrected chi connectivity index (χ0v) is 25.9. The first kappa shape index (κ1) is 32.7. The number of nitrogens with one attached hydrogen (secondary N) is 2. The van der Waals surface area contributed by atoms with Crippen LogP contribution in [0.1, 0.15) is 49.0 Å². The minimum absolute atomic E-state index is 0.0314. The Morgan fingerprint density at radius 3 is 2.35 bits per heavy atom. The third kappa shape index (κ3) is 7.76. The van der Waals surface area contributed by atoms with E-state index in [0.717, 1.165) is 25.7 Å². The number of hydrogen-bond donors (Lipinski definition) is 3. The van der Waals surface area contributed by atoms with Crippen LogP contribution in [0.15, 0.2) is 36.4 Å². The molecule has 3 fully saturated rings. The van der Waals surface area contributed by atoms with Gasteiger partial charge >= 0.3 is 6.09 Å². The first-order chi connectivity index (χ1) is 22.2. The van der Waals surface area contributed by atoms with Gasteiger partial charge in [0.05, 0.1) is 5.69 Å². The van der Waals surface area contributed by atoms with Crippen LogP contribution in [0.5, 0.6) is 5.88 Å². The summed E-state index contributed by atoms with van der Waals surface area (Å²) in [5.41, 5.74) is 0.558. The highest BCUT2D eigenvalue weighted by Crippen LogP contribution is 2.24. The van der Waals surface area contributed by atoms with Crippen LogP contribution in [0.3, 0.4) is 0 Å². The van der Waals surface area contributed by atoms with Crippen molar-refractivity contribution in [1.82, 2.24) is 35.1 Å². The lowest BCUT2D eigenvalue weighted by atomic mass is 9.93. The molecule has 2 unspecified atom stereocenters. The van der Waals surface area contributed by atoms with Crippen LogP contribution in [-0.4, -0.2) is 130 Å². The summed E-state index contributed by atoms with van der Waals surface area (Å²) in [4.78, 5) is 68.5. The van der Waals surface area contributed by atoms with Gasteiger partial charge in [-0.15, -0.1) is 0 Å². The fourth-order valence-corrected chi connectivity index (χ4v) is 5.80. The SMILES string of the molecule is COCCC(NC(=O)c1cc(OCC(=O)N2CCCC2C(=O)NC2CCC2)n(-c2ccccc2)n1)C(=O)N1CCN(C(=O)O)CC1. The average Bonchev–Trinajstić information content (AvgIpc) is 3.72. The fraction of sp³-hybridized carbons (Fsp3) is 0.548. The molecule has 0 radical (unpaired) electrons. The van der Waals surface area contributed by atoms with E-state index in [9.17, 15) is 29.1 Å². The summed E-state index contributed by atoms with van der Waals surface area (Å²) in [6.07, 6.45) is 3.48. The number of nitrogens with zero attached hydrogens (tertiary/aromatic N) is 5. The zero-order valence-electron chi connectivity index (χ0n) is 25.9. The number of hydrogen-bond acceptors (Lipinski definition) is 8. The standard InChI is InChI=1S/C31H41N7O8/c1-45-18-12-23(30(42)35-14-16-36(17-15-35)31(43)44)33-28(40)24-19-27(38(34-24)22-9-3-2-4-10-22)46-20-26(39)37-13-6-11-25(37)29(41)32-21-7-5-8-21/h2-4,9-10,19,21,23,25H,5-8,11-18,20H2,1H3,(H,32,41)(H,33,40)(H,43,44). The summed E-state index contributed by atoms with van der Waals surface area (Å²) in [5, 5.41) is 19.5. The maximum Gasteiger partial charge on any atom is 0.407 e. The molecule has 15 nitrogen and oxygen atoms in total. The van der Waals surface area contributed by atoms with Gasteiger partial charge in [-0.2, -0.15) is 5.10 Å². The molecule has 0 spiro atoms. The number of likely N-dealkylation sites (tertiary alicyclic amines) is 1. The van der Waals surface area contributed by atoms with Gasteiger partial charge in [-0.1, -0.05) is 18.2 Å². The number of benzene rings is 1. The van der Waals surface area contributed by atoms with Gasteiger partial charge < -0.3 is 39.9 Å². The molecular formula is C31H41N7O8. The highest BCUT2D eigenvalue weighted by molar-refractivity contribution is 5.96. The van der Waals surface area contributed by atoms with E-state index in [1.165, 1.54) is 27.7 Å². The number of ether oxygens (including phenoxy) is 2. The fourth-order valence-electron chi connectivity index (χ4n) is 5.80. The number of para-hydroxylation sites is 1. The third-order valence-corrected chi connectivity index (χ3v) is 8.66. The second kappa shape index (κ2) is 15.1. The highest BCUT2D eigenvalue weighted by atomic mass is 16.5. The van der Waals surface area contributed by atoms with Gasteiger partial charge in [0.25, 0.3) is 11.8 Å². The van der Waals surface area contributed by atoms with E-state index in [2.05, 4.69) is 15.7 Å². The van der Waals surface area contributed by atoms with Gasteiger partial charge in [0.1, 0.15) is 12.1 Å². The van der Waals surface area contributed by atoms with Crippen molar-refractivity contribution in [2.75, 3.05) is 53.0 Å². The number of piperazine rings is 1. The maximum absolute atomic E-state index is 13.5. The molecule has 2 saturated heterocycles. The Kier molecular flexibility index (Phi) is 10.7. The molecule has 2 aromatic rings. The molecule has 15 heteroatoms. The number of methoxy groups -OCH3 is 1. The van der Waals surface area contributed by atoms with E-state index in [4.69, 9.17) is 9.47 Å². The number of aromatic nitrogens is 2. The topological polar surface area (TPSA) is 176 Å². The molecular weight excluding hydrogens is 598 g/mol. The molecule has 1 aliphatic carbocycles. The van der Waals surface area contributed by atoms with E-state index < -0.39 is 24.1 Å². The summed E-state index contributed by atoms with van der Waals surface area (Å²) >= 11 is 0. The van der Waals surface area contributed by atoms with Crippen molar-refractivity contribution in [1.29, 1.82) is 0 Å². The summed E-state index contributed by atoms with van der Waals surface area (Å²) in [5.74, 6) is -1.31. The second-order valence-corrected chi connectivity index (χ2v) is 11.7. The quantitative estimate of drug-likeness (QED) is 0.304. The van der Waals surface area contributed by atoms with E-state index in [1.54, 1.807) is 29.2 Å². The molecule has 5 amide bonds. The first-order valence-electron chi connectivity index (χ1n) is 15.7. The Bertz CT molecular complexity index is 1400. The predicted octanol–water partition coefficient (Wildman–Crippen LogP) is 0.868. The van der Waals surface area contributed by atoms with Crippen molar-refractivity contribution in [3.63, 3.8) is 0 Å². The maximum atomic E-state index is 13.5. The van der Waals surface area contributed by atoms with Gasteiger partial charge in [-0.25, -0.2) is 9.48 Å². The molecule has 3 N–H and O–H groups in total. The summed E-state index contributed by atoms with van der Waals surface area (Å²) in [7, 11) is 1.49. The number of carbonyl (C=O) groups excluding carboxylic acids is 4. The number of rotatable bonds is 12. The Balaban J connectivity index is 1.27. The van der Waals surface area contributed by atoms with Crippen molar-refractivity contribution in [3.8, 4) is 11.6 Å². The summed E-state index contributed by atoms with van der Waals surface area (Å²) in [6, 6.07) is 9.07. The van der Waals surface area contributed by atoms with Gasteiger partial charge in [0.15, 0.2) is 12.3 Å². The van der Waals surface area contributed by atoms with Crippen LogP contribution in [-0.2, 0) is 19.1 Å². The Labute approximate surface area is 266 Å². The lowest BCUT2D eigenvalue weighted by Gasteiger charge is -2.35. The van der Waals surface area contributed by atoms with Gasteiger partial charge in [0, 0.05) is 58.5 Å². The van der Waals surface area contributed by atoms with Crippen molar-refractivity contribution in [2.45, 2.75) is 56.7 Å². The lowest BCUT2D eigenvalue weighted by molar-refractivity contribution is -0.140. The van der Waals surface area contributed by atoms with Crippen molar-refractivity contribution < 1.29 is 38.6 Å². The van der Waals surface area contributed by atoms with Crippen LogP contribution in [0, 0.1) is 0 Å². The predicted molar refractivity (Wildman–Crippen MR) is 164 cm³/mol. The summed E-state index contributed by atoms with van der Waals surface area (Å²) < 4.78 is 12.5. The highest BCUT2D eigenvalue weighted by Gasteiger charge is 2.36. The third-order valence-electron chi connectivity index (χ3n) is 8.66. The molecule has 5 rings (SSSR count). The van der Waals surface area contributed by atoms with Crippen LogP contribution >= 0.6 is 0 Å². The molecule has 46 heavy (non-hydrogen) atoms. The zero-order chi connectivity index (χ0) is 32.6. The number of carboxylic acid groups (broad SMARTS) is 1. The number of carbonyl (C=O) groups is 5. The van der Waals surface area contributed by atoms with Crippen molar-refractivity contribution in [3.05, 3.63) is 42.1 Å². The first-order valence-corrected chi connectivity index (χ1v) is 15.7. The Morgan fingerprint density at radius 1 is 0.978 bits per heavy atom. The molecule has 0 bridgehead atoms. The Morgan fingerprint density at radius 2 is 1.70 bits per heavy atom. The molecule has 2 aliphatic heterocycles. The molecule has 2 atom stereocenters. The van der Waals surface area contributed by atoms with Crippen molar-refractivity contribution >= 4 is 29.7 Å². The summed E-state index contributed by atoms with van der Waals surface area (Å²) in [6.45, 7) is 1.07. The average molecular weight is 640 g/mol. The molecule has 1 aromatic heterocycles. The second-order valence-electron chi connectivity index (χ2n) is 11.7. The molecule has 1 aromatic carbocycles.